The topological polar surface area (TPSA) is 43.4 Å². The highest BCUT2D eigenvalue weighted by molar-refractivity contribution is 5.42. The average Bonchev–Trinajstić information content (AvgIpc) is 2.59. The summed E-state index contributed by atoms with van der Waals surface area (Å²) in [5, 5.41) is 3.66. The Morgan fingerprint density at radius 1 is 1.09 bits per heavy atom. The van der Waals surface area contributed by atoms with Crippen LogP contribution in [0.4, 0.5) is 0 Å². The number of aromatic nitrogens is 1. The van der Waals surface area contributed by atoms with Crippen LogP contribution in [0.25, 0.3) is 0 Å². The van der Waals surface area contributed by atoms with E-state index in [1.807, 2.05) is 30.6 Å². The predicted molar refractivity (Wildman–Crippen MR) is 88.4 cm³/mol. The third kappa shape index (κ3) is 3.77. The van der Waals surface area contributed by atoms with Crippen molar-refractivity contribution >= 4 is 0 Å². The van der Waals surface area contributed by atoms with Crippen LogP contribution >= 0.6 is 0 Å². The summed E-state index contributed by atoms with van der Waals surface area (Å²) < 4.78 is 10.8. The van der Waals surface area contributed by atoms with Crippen LogP contribution in [0.2, 0.25) is 0 Å². The van der Waals surface area contributed by atoms with Gasteiger partial charge in [0.25, 0.3) is 0 Å². The van der Waals surface area contributed by atoms with Crippen LogP contribution in [0.3, 0.4) is 0 Å². The first kappa shape index (κ1) is 16.3. The quantitative estimate of drug-likeness (QED) is 0.842. The molecule has 0 amide bonds. The van der Waals surface area contributed by atoms with E-state index in [4.69, 9.17) is 9.47 Å². The van der Waals surface area contributed by atoms with Gasteiger partial charge < -0.3 is 14.8 Å². The van der Waals surface area contributed by atoms with E-state index < -0.39 is 0 Å². The molecule has 0 aliphatic heterocycles. The van der Waals surface area contributed by atoms with Crippen molar-refractivity contribution in [2.45, 2.75) is 32.4 Å². The monoisotopic (exact) mass is 300 g/mol. The molecule has 0 unspecified atom stereocenters. The molecule has 4 nitrogen and oxygen atoms in total. The summed E-state index contributed by atoms with van der Waals surface area (Å²) in [4.78, 5) is 4.09. The minimum atomic E-state index is 0.142. The van der Waals surface area contributed by atoms with Crippen molar-refractivity contribution in [1.29, 1.82) is 0 Å². The number of hydrogen-bond donors (Lipinski definition) is 1. The molecule has 0 aliphatic carbocycles. The van der Waals surface area contributed by atoms with Gasteiger partial charge >= 0.3 is 0 Å². The third-order valence-electron chi connectivity index (χ3n) is 3.87. The summed E-state index contributed by atoms with van der Waals surface area (Å²) in [5.41, 5.74) is 2.33. The Morgan fingerprint density at radius 2 is 1.82 bits per heavy atom. The van der Waals surface area contributed by atoms with Gasteiger partial charge in [0.05, 0.1) is 14.2 Å². The van der Waals surface area contributed by atoms with Crippen molar-refractivity contribution in [3.8, 4) is 11.5 Å². The fourth-order valence-corrected chi connectivity index (χ4v) is 2.61. The van der Waals surface area contributed by atoms with Crippen molar-refractivity contribution < 1.29 is 9.47 Å². The van der Waals surface area contributed by atoms with Gasteiger partial charge in [-0.2, -0.15) is 0 Å². The van der Waals surface area contributed by atoms with Crippen LogP contribution in [-0.4, -0.2) is 19.2 Å². The Kier molecular flexibility index (Phi) is 5.78. The zero-order valence-electron chi connectivity index (χ0n) is 13.7. The number of rotatable bonds is 7. The first-order valence-electron chi connectivity index (χ1n) is 7.57. The summed E-state index contributed by atoms with van der Waals surface area (Å²) in [6, 6.07) is 10.4. The Morgan fingerprint density at radius 3 is 2.41 bits per heavy atom. The van der Waals surface area contributed by atoms with E-state index >= 15 is 0 Å². The molecule has 1 aromatic heterocycles. The zero-order chi connectivity index (χ0) is 15.9. The maximum Gasteiger partial charge on any atom is 0.123 e. The Labute approximate surface area is 132 Å². The molecular weight excluding hydrogens is 276 g/mol. The summed E-state index contributed by atoms with van der Waals surface area (Å²) in [6.07, 6.45) is 4.66. The van der Waals surface area contributed by atoms with Crippen LogP contribution in [0.1, 0.15) is 43.5 Å². The molecule has 1 N–H and O–H groups in total. The molecule has 118 valence electrons. The smallest absolute Gasteiger partial charge is 0.123 e. The van der Waals surface area contributed by atoms with Gasteiger partial charge in [-0.3, -0.25) is 4.98 Å². The lowest BCUT2D eigenvalue weighted by Crippen LogP contribution is -2.24. The molecule has 0 aliphatic rings. The first-order chi connectivity index (χ1) is 10.7. The highest BCUT2D eigenvalue weighted by Crippen LogP contribution is 2.31. The van der Waals surface area contributed by atoms with Gasteiger partial charge in [-0.1, -0.05) is 6.92 Å². The molecule has 1 aromatic carbocycles. The molecule has 1 heterocycles. The van der Waals surface area contributed by atoms with Crippen LogP contribution in [0.15, 0.2) is 42.7 Å². The average molecular weight is 300 g/mol. The molecule has 0 bridgehead atoms. The van der Waals surface area contributed by atoms with Gasteiger partial charge in [-0.15, -0.1) is 0 Å². The fraction of sp³-hybridized carbons (Fsp3) is 0.389. The molecule has 0 saturated carbocycles. The molecule has 2 atom stereocenters. The van der Waals surface area contributed by atoms with E-state index in [1.165, 1.54) is 5.56 Å². The van der Waals surface area contributed by atoms with Crippen LogP contribution in [0, 0.1) is 0 Å². The second kappa shape index (κ2) is 7.80. The zero-order valence-corrected chi connectivity index (χ0v) is 13.7. The van der Waals surface area contributed by atoms with E-state index in [0.29, 0.717) is 0 Å². The molecule has 4 heteroatoms. The standard InChI is InChI=1S/C18H24N2O2/c1-5-17(14-8-10-19-11-9-14)20-13(2)16-12-15(21-3)6-7-18(16)22-4/h6-13,17,20H,5H2,1-4H3/t13-,17+/m0/s1. The van der Waals surface area contributed by atoms with Crippen molar-refractivity contribution in [3.05, 3.63) is 53.9 Å². The van der Waals surface area contributed by atoms with E-state index in [2.05, 4.69) is 36.3 Å². The van der Waals surface area contributed by atoms with Crippen molar-refractivity contribution in [3.63, 3.8) is 0 Å². The van der Waals surface area contributed by atoms with Crippen molar-refractivity contribution in [2.24, 2.45) is 0 Å². The minimum absolute atomic E-state index is 0.142. The number of pyridine rings is 1. The lowest BCUT2D eigenvalue weighted by molar-refractivity contribution is 0.383. The molecule has 0 fully saturated rings. The second-order valence-electron chi connectivity index (χ2n) is 5.24. The summed E-state index contributed by atoms with van der Waals surface area (Å²) >= 11 is 0. The largest absolute Gasteiger partial charge is 0.497 e. The molecule has 2 rings (SSSR count). The Hall–Kier alpha value is -2.07. The number of nitrogens with zero attached hydrogens (tertiary/aromatic N) is 1. The number of nitrogens with one attached hydrogen (secondary N) is 1. The maximum atomic E-state index is 5.48. The van der Waals surface area contributed by atoms with Gasteiger partial charge in [-0.05, 0) is 49.2 Å². The number of methoxy groups -OCH3 is 2. The van der Waals surface area contributed by atoms with Gasteiger partial charge in [-0.25, -0.2) is 0 Å². The van der Waals surface area contributed by atoms with Gasteiger partial charge in [0.2, 0.25) is 0 Å². The van der Waals surface area contributed by atoms with Crippen LogP contribution in [-0.2, 0) is 0 Å². The lowest BCUT2D eigenvalue weighted by Gasteiger charge is -2.24. The SMILES string of the molecule is CC[C@@H](N[C@@H](C)c1cc(OC)ccc1OC)c1ccncc1. The molecular formula is C18H24N2O2. The fourth-order valence-electron chi connectivity index (χ4n) is 2.61. The minimum Gasteiger partial charge on any atom is -0.497 e. The Balaban J connectivity index is 2.22. The normalized spacial score (nSPS) is 13.5. The van der Waals surface area contributed by atoms with E-state index in [-0.39, 0.29) is 12.1 Å². The molecule has 0 radical (unpaired) electrons. The lowest BCUT2D eigenvalue weighted by atomic mass is 10.0. The van der Waals surface area contributed by atoms with Crippen LogP contribution < -0.4 is 14.8 Å². The van der Waals surface area contributed by atoms with Gasteiger partial charge in [0.1, 0.15) is 11.5 Å². The van der Waals surface area contributed by atoms with E-state index in [9.17, 15) is 0 Å². The summed E-state index contributed by atoms with van der Waals surface area (Å²) in [5.74, 6) is 1.70. The molecule has 2 aromatic rings. The summed E-state index contributed by atoms with van der Waals surface area (Å²) in [7, 11) is 3.37. The third-order valence-corrected chi connectivity index (χ3v) is 3.87. The van der Waals surface area contributed by atoms with Gasteiger partial charge in [0.15, 0.2) is 0 Å². The maximum absolute atomic E-state index is 5.48. The molecule has 22 heavy (non-hydrogen) atoms. The van der Waals surface area contributed by atoms with Crippen LogP contribution in [0.5, 0.6) is 11.5 Å². The summed E-state index contributed by atoms with van der Waals surface area (Å²) in [6.45, 7) is 4.31. The van der Waals surface area contributed by atoms with E-state index in [1.54, 1.807) is 14.2 Å². The number of hydrogen-bond acceptors (Lipinski definition) is 4. The van der Waals surface area contributed by atoms with Crippen molar-refractivity contribution in [2.75, 3.05) is 14.2 Å². The van der Waals surface area contributed by atoms with Crippen molar-refractivity contribution in [1.82, 2.24) is 10.3 Å². The number of benzene rings is 1. The van der Waals surface area contributed by atoms with Gasteiger partial charge in [0, 0.05) is 30.0 Å². The highest BCUT2D eigenvalue weighted by Gasteiger charge is 2.17. The first-order valence-corrected chi connectivity index (χ1v) is 7.57. The molecule has 0 spiro atoms. The highest BCUT2D eigenvalue weighted by atomic mass is 16.5. The number of ether oxygens (including phenoxy) is 2. The predicted octanol–water partition coefficient (Wildman–Crippen LogP) is 3.90. The second-order valence-corrected chi connectivity index (χ2v) is 5.24. The van der Waals surface area contributed by atoms with E-state index in [0.717, 1.165) is 23.5 Å². The Bertz CT molecular complexity index is 587. The molecule has 0 saturated heterocycles.